The molecule has 3 aromatic rings. The Balaban J connectivity index is 1.25. The van der Waals surface area contributed by atoms with Crippen LogP contribution in [0, 0.1) is 0 Å². The average molecular weight is 495 g/mol. The van der Waals surface area contributed by atoms with E-state index in [4.69, 9.17) is 25.6 Å². The quantitative estimate of drug-likeness (QED) is 0.493. The number of nitrogens with zero attached hydrogens (tertiary/aromatic N) is 3. The minimum atomic E-state index is -4.54. The van der Waals surface area contributed by atoms with Gasteiger partial charge in [0.05, 0.1) is 11.6 Å². The van der Waals surface area contributed by atoms with Crippen LogP contribution in [0.4, 0.5) is 13.2 Å². The van der Waals surface area contributed by atoms with Crippen molar-refractivity contribution in [3.05, 3.63) is 76.8 Å². The number of hydrogen-bond acceptors (Lipinski definition) is 7. The van der Waals surface area contributed by atoms with E-state index in [0.717, 1.165) is 18.3 Å². The van der Waals surface area contributed by atoms with Crippen molar-refractivity contribution in [3.63, 3.8) is 0 Å². The van der Waals surface area contributed by atoms with Crippen LogP contribution in [0.15, 0.2) is 58.9 Å². The summed E-state index contributed by atoms with van der Waals surface area (Å²) in [5, 5.41) is 7.20. The van der Waals surface area contributed by atoms with E-state index < -0.39 is 23.2 Å². The number of pyridine rings is 1. The van der Waals surface area contributed by atoms with Crippen molar-refractivity contribution >= 4 is 17.5 Å². The van der Waals surface area contributed by atoms with Crippen LogP contribution in [0.25, 0.3) is 0 Å². The zero-order valence-corrected chi connectivity index (χ0v) is 18.5. The van der Waals surface area contributed by atoms with Crippen molar-refractivity contribution in [2.75, 3.05) is 6.61 Å². The summed E-state index contributed by atoms with van der Waals surface area (Å²) in [6, 6.07) is 8.76. The highest BCUT2D eigenvalue weighted by atomic mass is 35.5. The summed E-state index contributed by atoms with van der Waals surface area (Å²) in [6.07, 6.45) is -1.40. The van der Waals surface area contributed by atoms with Crippen LogP contribution in [0.5, 0.6) is 11.5 Å². The van der Waals surface area contributed by atoms with Gasteiger partial charge in [0.25, 0.3) is 5.91 Å². The molecule has 1 aliphatic rings. The first-order chi connectivity index (χ1) is 16.1. The van der Waals surface area contributed by atoms with Gasteiger partial charge in [-0.2, -0.15) is 18.2 Å². The van der Waals surface area contributed by atoms with Crippen molar-refractivity contribution in [1.82, 2.24) is 20.4 Å². The molecule has 0 aliphatic heterocycles. The molecule has 0 fully saturated rings. The van der Waals surface area contributed by atoms with Crippen LogP contribution in [-0.2, 0) is 23.0 Å². The maximum absolute atomic E-state index is 12.5. The summed E-state index contributed by atoms with van der Waals surface area (Å²) in [6.45, 7) is 1.61. The molecular weight excluding hydrogens is 477 g/mol. The van der Waals surface area contributed by atoms with Crippen LogP contribution in [0.1, 0.15) is 30.8 Å². The Kier molecular flexibility index (Phi) is 6.47. The number of hydrogen-bond donors (Lipinski definition) is 1. The van der Waals surface area contributed by atoms with Crippen LogP contribution in [0.2, 0.25) is 5.02 Å². The molecule has 1 atom stereocenters. The monoisotopic (exact) mass is 494 g/mol. The van der Waals surface area contributed by atoms with E-state index >= 15 is 0 Å². The Labute approximate surface area is 196 Å². The number of ether oxygens (including phenoxy) is 2. The Hall–Kier alpha value is -3.60. The van der Waals surface area contributed by atoms with E-state index in [-0.39, 0.29) is 19.0 Å². The SMILES string of the molecule is CC1(c2nc(COc3ccc(Cl)cc3)no2)C=C(NC(=O)COc2ccc(C(F)(F)F)nc2)C1. The van der Waals surface area contributed by atoms with Crippen LogP contribution in [-0.4, -0.2) is 27.6 Å². The molecule has 0 bridgehead atoms. The van der Waals surface area contributed by atoms with E-state index in [1.807, 2.05) is 6.92 Å². The predicted octanol–water partition coefficient (Wildman–Crippen LogP) is 4.46. The number of alkyl halides is 3. The topological polar surface area (TPSA) is 99.4 Å². The molecule has 0 saturated carbocycles. The molecule has 0 radical (unpaired) electrons. The van der Waals surface area contributed by atoms with E-state index in [1.54, 1.807) is 30.3 Å². The fourth-order valence-electron chi connectivity index (χ4n) is 3.19. The first-order valence-corrected chi connectivity index (χ1v) is 10.4. The highest BCUT2D eigenvalue weighted by Crippen LogP contribution is 2.39. The normalized spacial score (nSPS) is 17.5. The molecule has 12 heteroatoms. The number of nitrogens with one attached hydrogen (secondary N) is 1. The molecule has 2 heterocycles. The van der Waals surface area contributed by atoms with Gasteiger partial charge in [-0.05, 0) is 49.4 Å². The van der Waals surface area contributed by atoms with Gasteiger partial charge in [-0.15, -0.1) is 0 Å². The van der Waals surface area contributed by atoms with Gasteiger partial charge in [-0.1, -0.05) is 16.8 Å². The smallest absolute Gasteiger partial charge is 0.433 e. The maximum atomic E-state index is 12.5. The van der Waals surface area contributed by atoms with Gasteiger partial charge >= 0.3 is 6.18 Å². The number of benzene rings is 1. The number of carbonyl (C=O) groups is 1. The molecule has 1 unspecified atom stereocenters. The molecule has 1 aliphatic carbocycles. The van der Waals surface area contributed by atoms with E-state index in [1.165, 1.54) is 0 Å². The maximum Gasteiger partial charge on any atom is 0.433 e. The third kappa shape index (κ3) is 5.66. The zero-order valence-electron chi connectivity index (χ0n) is 17.7. The molecule has 1 aromatic carbocycles. The first kappa shape index (κ1) is 23.6. The summed E-state index contributed by atoms with van der Waals surface area (Å²) in [7, 11) is 0. The zero-order chi connectivity index (χ0) is 24.3. The molecule has 8 nitrogen and oxygen atoms in total. The largest absolute Gasteiger partial charge is 0.485 e. The summed E-state index contributed by atoms with van der Waals surface area (Å²) in [4.78, 5) is 19.7. The molecule has 1 N–H and O–H groups in total. The van der Waals surface area contributed by atoms with Gasteiger partial charge in [0, 0.05) is 17.1 Å². The lowest BCUT2D eigenvalue weighted by Gasteiger charge is -2.33. The highest BCUT2D eigenvalue weighted by Gasteiger charge is 2.40. The van der Waals surface area contributed by atoms with E-state index in [2.05, 4.69) is 20.4 Å². The van der Waals surface area contributed by atoms with Crippen LogP contribution < -0.4 is 14.8 Å². The summed E-state index contributed by atoms with van der Waals surface area (Å²) in [5.74, 6) is 0.957. The molecule has 178 valence electrons. The van der Waals surface area contributed by atoms with Crippen molar-refractivity contribution in [2.24, 2.45) is 0 Å². The summed E-state index contributed by atoms with van der Waals surface area (Å²) in [5.41, 5.74) is -0.950. The molecule has 4 rings (SSSR count). The van der Waals surface area contributed by atoms with Gasteiger partial charge in [-0.3, -0.25) is 4.79 Å². The van der Waals surface area contributed by atoms with Crippen molar-refractivity contribution < 1.29 is 32.0 Å². The summed E-state index contributed by atoms with van der Waals surface area (Å²) < 4.78 is 53.7. The number of allylic oxidation sites excluding steroid dienone is 2. The van der Waals surface area contributed by atoms with Crippen molar-refractivity contribution in [3.8, 4) is 11.5 Å². The number of rotatable bonds is 8. The Morgan fingerprint density at radius 1 is 1.18 bits per heavy atom. The van der Waals surface area contributed by atoms with E-state index in [9.17, 15) is 18.0 Å². The minimum Gasteiger partial charge on any atom is -0.485 e. The third-order valence-electron chi connectivity index (χ3n) is 4.89. The van der Waals surface area contributed by atoms with Crippen LogP contribution in [0.3, 0.4) is 0 Å². The van der Waals surface area contributed by atoms with Crippen molar-refractivity contribution in [1.29, 1.82) is 0 Å². The predicted molar refractivity (Wildman–Crippen MR) is 113 cm³/mol. The summed E-state index contributed by atoms with van der Waals surface area (Å²) >= 11 is 5.84. The second-order valence-electron chi connectivity index (χ2n) is 7.74. The Bertz CT molecular complexity index is 1200. The lowest BCUT2D eigenvalue weighted by atomic mass is 9.75. The number of aromatic nitrogens is 3. The molecule has 34 heavy (non-hydrogen) atoms. The van der Waals surface area contributed by atoms with Gasteiger partial charge in [0.15, 0.2) is 13.2 Å². The van der Waals surface area contributed by atoms with Crippen molar-refractivity contribution in [2.45, 2.75) is 31.5 Å². The second-order valence-corrected chi connectivity index (χ2v) is 8.17. The molecule has 2 aromatic heterocycles. The lowest BCUT2D eigenvalue weighted by Crippen LogP contribution is -2.39. The van der Waals surface area contributed by atoms with Gasteiger partial charge in [-0.25, -0.2) is 4.98 Å². The molecule has 1 amide bonds. The average Bonchev–Trinajstić information content (AvgIpc) is 3.25. The highest BCUT2D eigenvalue weighted by molar-refractivity contribution is 6.30. The minimum absolute atomic E-state index is 0.0507. The fourth-order valence-corrected chi connectivity index (χ4v) is 3.32. The van der Waals surface area contributed by atoms with Crippen LogP contribution >= 0.6 is 11.6 Å². The van der Waals surface area contributed by atoms with Gasteiger partial charge in [0.2, 0.25) is 11.7 Å². The van der Waals surface area contributed by atoms with Gasteiger partial charge in [0.1, 0.15) is 17.2 Å². The molecule has 0 saturated heterocycles. The molecule has 0 spiro atoms. The fraction of sp³-hybridized carbons (Fsp3) is 0.273. The standard InChI is InChI=1S/C22H18ClF3N4O4/c1-21(20-29-18(30-34-20)11-32-15-4-2-13(23)3-5-15)8-14(9-21)28-19(31)12-33-16-6-7-17(27-10-16)22(24,25)26/h2-8,10H,9,11-12H2,1H3,(H,28,31). The second kappa shape index (κ2) is 9.34. The third-order valence-corrected chi connectivity index (χ3v) is 5.14. The molecular formula is C22H18ClF3N4O4. The lowest BCUT2D eigenvalue weighted by molar-refractivity contribution is -0.141. The Morgan fingerprint density at radius 2 is 1.88 bits per heavy atom. The number of halogens is 4. The van der Waals surface area contributed by atoms with E-state index in [0.29, 0.717) is 34.6 Å². The number of carbonyl (C=O) groups excluding carboxylic acids is 1. The first-order valence-electron chi connectivity index (χ1n) is 10.00. The number of amides is 1. The Morgan fingerprint density at radius 3 is 2.53 bits per heavy atom. The van der Waals surface area contributed by atoms with Gasteiger partial charge < -0.3 is 19.3 Å².